The minimum Gasteiger partial charge on any atom is -0.458 e. The largest absolute Gasteiger partial charge is 0.458 e. The van der Waals surface area contributed by atoms with Crippen molar-refractivity contribution in [3.05, 3.63) is 180 Å². The predicted molar refractivity (Wildman–Crippen MR) is 238 cm³/mol. The summed E-state index contributed by atoms with van der Waals surface area (Å²) in [7, 11) is -2.70. The minimum atomic E-state index is -2.70. The van der Waals surface area contributed by atoms with Gasteiger partial charge in [-0.25, -0.2) is 0 Å². The molecule has 0 saturated carbocycles. The van der Waals surface area contributed by atoms with Gasteiger partial charge >= 0.3 is 0 Å². The van der Waals surface area contributed by atoms with Crippen LogP contribution in [-0.2, 0) is 0 Å². The molecule has 0 spiro atoms. The fourth-order valence-corrected chi connectivity index (χ4v) is 14.5. The van der Waals surface area contributed by atoms with Gasteiger partial charge in [-0.2, -0.15) is 0 Å². The zero-order valence-corrected chi connectivity index (χ0v) is 33.8. The van der Waals surface area contributed by atoms with E-state index in [0.717, 1.165) is 17.2 Å². The first-order valence-electron chi connectivity index (χ1n) is 20.0. The van der Waals surface area contributed by atoms with Gasteiger partial charge < -0.3 is 9.64 Å². The van der Waals surface area contributed by atoms with Crippen LogP contribution < -0.4 is 46.8 Å². The molecule has 0 unspecified atom stereocenters. The first kappa shape index (κ1) is 35.1. The molecule has 2 nitrogen and oxygen atoms in total. The summed E-state index contributed by atoms with van der Waals surface area (Å²) in [5.74, 6) is 3.08. The Bertz CT molecular complexity index is 2410. The van der Waals surface area contributed by atoms with E-state index in [-0.39, 0.29) is 6.71 Å². The number of para-hydroxylation sites is 3. The quantitative estimate of drug-likeness (QED) is 0.152. The fraction of sp³-hybridized carbons (Fsp3) is 0.176. The average molecular weight is 730 g/mol. The maximum atomic E-state index is 6.96. The average Bonchev–Trinajstić information content (AvgIpc) is 3.21. The van der Waals surface area contributed by atoms with Crippen LogP contribution in [0.15, 0.2) is 164 Å². The van der Waals surface area contributed by atoms with Crippen molar-refractivity contribution < 1.29 is 4.74 Å². The van der Waals surface area contributed by atoms with Gasteiger partial charge in [0, 0.05) is 23.1 Å². The van der Waals surface area contributed by atoms with Gasteiger partial charge in [-0.05, 0) is 90.4 Å². The number of benzene rings is 7. The van der Waals surface area contributed by atoms with Crippen LogP contribution in [0.5, 0.6) is 11.5 Å². The molecule has 9 rings (SSSR count). The molecule has 0 saturated heterocycles. The van der Waals surface area contributed by atoms with Crippen LogP contribution in [0.25, 0.3) is 0 Å². The second-order valence-electron chi connectivity index (χ2n) is 16.2. The van der Waals surface area contributed by atoms with Crippen LogP contribution >= 0.6 is 0 Å². The second-order valence-corrected chi connectivity index (χ2v) is 20.0. The van der Waals surface area contributed by atoms with E-state index < -0.39 is 8.07 Å². The molecule has 0 radical (unpaired) electrons. The van der Waals surface area contributed by atoms with Gasteiger partial charge in [-0.1, -0.05) is 180 Å². The number of fused-ring (bicyclic) bond motifs is 4. The highest BCUT2D eigenvalue weighted by atomic mass is 28.3. The van der Waals surface area contributed by atoms with Gasteiger partial charge in [-0.3, -0.25) is 0 Å². The summed E-state index contributed by atoms with van der Waals surface area (Å²) < 4.78 is 6.96. The Morgan fingerprint density at radius 3 is 1.51 bits per heavy atom. The standard InChI is InChI=1S/C51H48BNOSi/c1-34(2)37-31-41(35(3)4)51(42(32-37)36(5)6)52-43-23-13-16-26-47(43)54-48-33-38(29-30-44(48)52)53-45-24-14-17-27-49(45)55(39-19-9-7-10-20-39,40-21-11-8-12-22-40)50-28-18-15-25-46(50)53/h7-36H,1-6H3. The Kier molecular flexibility index (Phi) is 8.90. The van der Waals surface area contributed by atoms with Crippen molar-refractivity contribution in [1.29, 1.82) is 0 Å². The Balaban J connectivity index is 1.28. The zero-order chi connectivity index (χ0) is 37.8. The van der Waals surface area contributed by atoms with Gasteiger partial charge in [0.1, 0.15) is 11.5 Å². The fourth-order valence-electron chi connectivity index (χ4n) is 9.43. The third-order valence-electron chi connectivity index (χ3n) is 12.0. The Morgan fingerprint density at radius 2 is 0.964 bits per heavy atom. The van der Waals surface area contributed by atoms with E-state index in [0.29, 0.717) is 17.8 Å². The second kappa shape index (κ2) is 13.9. The van der Waals surface area contributed by atoms with E-state index in [1.54, 1.807) is 0 Å². The van der Waals surface area contributed by atoms with Gasteiger partial charge in [0.15, 0.2) is 8.07 Å². The highest BCUT2D eigenvalue weighted by molar-refractivity contribution is 7.21. The van der Waals surface area contributed by atoms with Crippen LogP contribution in [0.1, 0.15) is 76.0 Å². The van der Waals surface area contributed by atoms with Crippen molar-refractivity contribution in [2.24, 2.45) is 0 Å². The van der Waals surface area contributed by atoms with Crippen LogP contribution in [0.2, 0.25) is 0 Å². The van der Waals surface area contributed by atoms with Crippen LogP contribution in [0, 0.1) is 0 Å². The molecule has 0 aromatic heterocycles. The molecule has 4 heteroatoms. The van der Waals surface area contributed by atoms with E-state index in [1.165, 1.54) is 65.2 Å². The molecule has 0 bridgehead atoms. The molecule has 2 heterocycles. The molecule has 0 amide bonds. The molecule has 7 aromatic carbocycles. The summed E-state index contributed by atoms with van der Waals surface area (Å²) in [5.41, 5.74) is 11.7. The third-order valence-corrected chi connectivity index (χ3v) is 16.9. The maximum Gasteiger partial charge on any atom is 0.251 e. The summed E-state index contributed by atoms with van der Waals surface area (Å²) in [6, 6.07) is 61.3. The minimum absolute atomic E-state index is 0.0576. The molecule has 0 aliphatic carbocycles. The van der Waals surface area contributed by atoms with Crippen LogP contribution in [0.3, 0.4) is 0 Å². The Hall–Kier alpha value is -5.58. The Labute approximate surface area is 328 Å². The molecule has 2 aliphatic heterocycles. The highest BCUT2D eigenvalue weighted by Crippen LogP contribution is 2.40. The van der Waals surface area contributed by atoms with Gasteiger partial charge in [0.05, 0.1) is 0 Å². The normalized spacial score (nSPS) is 14.0. The lowest BCUT2D eigenvalue weighted by molar-refractivity contribution is 0.487. The van der Waals surface area contributed by atoms with Gasteiger partial charge in [-0.15, -0.1) is 0 Å². The molecule has 7 aromatic rings. The van der Waals surface area contributed by atoms with E-state index in [4.69, 9.17) is 4.74 Å². The smallest absolute Gasteiger partial charge is 0.251 e. The lowest BCUT2D eigenvalue weighted by Crippen LogP contribution is -2.77. The van der Waals surface area contributed by atoms with E-state index in [2.05, 4.69) is 210 Å². The molecule has 55 heavy (non-hydrogen) atoms. The number of nitrogens with zero attached hydrogens (tertiary/aromatic N) is 1. The first-order valence-corrected chi connectivity index (χ1v) is 22.0. The third kappa shape index (κ3) is 5.61. The topological polar surface area (TPSA) is 12.5 Å². The number of hydrogen-bond donors (Lipinski definition) is 0. The molecular weight excluding hydrogens is 681 g/mol. The van der Waals surface area contributed by atoms with Crippen LogP contribution in [0.4, 0.5) is 17.1 Å². The molecule has 2 aliphatic rings. The van der Waals surface area contributed by atoms with Crippen molar-refractivity contribution in [3.8, 4) is 11.5 Å². The Morgan fingerprint density at radius 1 is 0.473 bits per heavy atom. The predicted octanol–water partition coefficient (Wildman–Crippen LogP) is 8.84. The molecule has 0 fully saturated rings. The van der Waals surface area contributed by atoms with Crippen molar-refractivity contribution in [1.82, 2.24) is 0 Å². The first-order chi connectivity index (χ1) is 26.8. The van der Waals surface area contributed by atoms with E-state index >= 15 is 0 Å². The molecule has 0 N–H and O–H groups in total. The lowest BCUT2D eigenvalue weighted by Gasteiger charge is -2.45. The number of ether oxygens (including phenoxy) is 1. The van der Waals surface area contributed by atoms with Gasteiger partial charge in [0.25, 0.3) is 6.71 Å². The molecular formula is C51H48BNOSi. The van der Waals surface area contributed by atoms with Gasteiger partial charge in [0.2, 0.25) is 0 Å². The summed E-state index contributed by atoms with van der Waals surface area (Å²) in [6.45, 7) is 14.1. The van der Waals surface area contributed by atoms with Crippen molar-refractivity contribution in [3.63, 3.8) is 0 Å². The molecule has 0 atom stereocenters. The summed E-state index contributed by atoms with van der Waals surface area (Å²) in [4.78, 5) is 2.48. The maximum absolute atomic E-state index is 6.96. The van der Waals surface area contributed by atoms with E-state index in [1.807, 2.05) is 0 Å². The summed E-state index contributed by atoms with van der Waals surface area (Å²) in [5, 5.41) is 5.56. The summed E-state index contributed by atoms with van der Waals surface area (Å²) in [6.07, 6.45) is 0. The lowest BCUT2D eigenvalue weighted by atomic mass is 9.34. The number of rotatable bonds is 7. The number of anilines is 3. The van der Waals surface area contributed by atoms with Crippen LogP contribution in [-0.4, -0.2) is 14.8 Å². The van der Waals surface area contributed by atoms with Crippen molar-refractivity contribution in [2.45, 2.75) is 59.3 Å². The SMILES string of the molecule is CC(C)c1cc(C(C)C)c(B2c3ccccc3Oc3cc(N4c5ccccc5[Si](c5ccccc5)(c5ccccc5)c5ccccc54)ccc32)c(C(C)C)c1. The van der Waals surface area contributed by atoms with Crippen molar-refractivity contribution >= 4 is 69.0 Å². The number of hydrogen-bond acceptors (Lipinski definition) is 2. The van der Waals surface area contributed by atoms with E-state index in [9.17, 15) is 0 Å². The highest BCUT2D eigenvalue weighted by Gasteiger charge is 2.49. The monoisotopic (exact) mass is 729 g/mol. The van der Waals surface area contributed by atoms with Crippen molar-refractivity contribution in [2.75, 3.05) is 4.90 Å². The molecule has 270 valence electrons. The zero-order valence-electron chi connectivity index (χ0n) is 32.8. The summed E-state index contributed by atoms with van der Waals surface area (Å²) >= 11 is 0.